The first kappa shape index (κ1) is 84.2. The average molecular weight is 1540 g/mol. The lowest BCUT2D eigenvalue weighted by molar-refractivity contribution is -0.253. The van der Waals surface area contributed by atoms with Gasteiger partial charge in [-0.3, -0.25) is 19.2 Å². The number of nitrogens with one attached hydrogen (secondary N) is 2. The maximum atomic E-state index is 15.1. The van der Waals surface area contributed by atoms with Crippen molar-refractivity contribution in [1.82, 2.24) is 10.0 Å². The summed E-state index contributed by atoms with van der Waals surface area (Å²) in [6.07, 6.45) is -25.5. The van der Waals surface area contributed by atoms with Crippen LogP contribution in [-0.4, -0.2) is 80.2 Å². The molecule has 0 fully saturated rings. The molecule has 0 saturated carbocycles. The zero-order valence-corrected chi connectivity index (χ0v) is 55.6. The number of amides is 1. The third-order valence-corrected chi connectivity index (χ3v) is 16.6. The van der Waals surface area contributed by atoms with Crippen LogP contribution in [0.5, 0.6) is 11.5 Å². The summed E-state index contributed by atoms with van der Waals surface area (Å²) in [6, 6.07) is 29.8. The lowest BCUT2D eigenvalue weighted by atomic mass is 9.77. The van der Waals surface area contributed by atoms with E-state index in [1.54, 1.807) is 57.2 Å². The first-order valence-corrected chi connectivity index (χ1v) is 31.5. The number of benzene rings is 8. The van der Waals surface area contributed by atoms with E-state index in [9.17, 15) is 102 Å². The molecule has 560 valence electrons. The molecule has 0 radical (unpaired) electrons. The Hall–Kier alpha value is -9.76. The van der Waals surface area contributed by atoms with Gasteiger partial charge in [0.1, 0.15) is 59.6 Å². The standard InChI is InChI=1S/C34H23F10NO4.C30H29F6NO4S.C8H3ClF4O/c35-24-14-23(15-26(16-24)49-34(43,44)31(38)39)32(17-19-4-2-1-3-5-19,22-8-11-28(36)20(12-22)6-9-25(47)18-46)45-30(48)21-7-10-29(37)27(13-21)33(40,41)42;1-28(2,3)42(40)37-29(17-19-7-5-4-6-8-19,21-10-12-26(32)20(13-21)9-11-24(39)18-38)22-14-23(31)16-25(15-22)41-30(35,36)27(33)34;9-7(14)4-1-2-6(10)5(3-4)8(11,12)13/h1-16,31,46H,17-18H2,(H,45,48);4-16,27,37-38H,17-18H2,1-3H3;1-3H/b9-6+;11-9+;/t32-;29-,42-;/m11./s1. The summed E-state index contributed by atoms with van der Waals surface area (Å²) in [4.78, 5) is 47.6. The Bertz CT molecular complexity index is 4500. The van der Waals surface area contributed by atoms with Crippen molar-refractivity contribution in [1.29, 1.82) is 0 Å². The SMILES string of the molecule is CC(C)(C)[S@@](=O)N[C@@](Cc1ccccc1)(c1cc(F)cc(OC(F)(F)C(F)F)c1)c1ccc(F)c(/C=C/C(=O)CO)c1.O=C(/C=C/c1cc([C@@](Cc2ccccc2)(NC(=O)c2ccc(F)c(C(F)(F)F)c2)c2cc(F)cc(OC(F)(F)C(F)F)c2)ccc1F)CO.O=C(Cl)c1ccc(F)c(C(F)(F)F)c1. The minimum absolute atomic E-state index is 0.103. The van der Waals surface area contributed by atoms with Crippen LogP contribution in [-0.2, 0) is 56.8 Å². The zero-order chi connectivity index (χ0) is 78.4. The molecular weight excluding hydrogens is 1480 g/mol. The van der Waals surface area contributed by atoms with Crippen molar-refractivity contribution < 1.29 is 131 Å². The van der Waals surface area contributed by atoms with Gasteiger partial charge in [-0.05, 0) is 181 Å². The monoisotopic (exact) mass is 1540 g/mol. The van der Waals surface area contributed by atoms with E-state index < -0.39 is 175 Å². The van der Waals surface area contributed by atoms with Crippen molar-refractivity contribution in [2.45, 2.75) is 86.9 Å². The highest BCUT2D eigenvalue weighted by atomic mass is 35.5. The van der Waals surface area contributed by atoms with Gasteiger partial charge in [0.15, 0.2) is 11.6 Å². The van der Waals surface area contributed by atoms with Crippen LogP contribution in [0.3, 0.4) is 0 Å². The largest absolute Gasteiger partial charge is 0.461 e. The van der Waals surface area contributed by atoms with E-state index in [0.717, 1.165) is 66.8 Å². The Balaban J connectivity index is 0.000000280. The number of rotatable bonds is 25. The van der Waals surface area contributed by atoms with E-state index in [0.29, 0.717) is 59.7 Å². The predicted octanol–water partition coefficient (Wildman–Crippen LogP) is 17.4. The summed E-state index contributed by atoms with van der Waals surface area (Å²) in [7, 11) is -1.93. The smallest absolute Gasteiger partial charge is 0.428 e. The number of carbonyl (C=O) groups excluding carboxylic acids is 4. The predicted molar refractivity (Wildman–Crippen MR) is 344 cm³/mol. The number of carbonyl (C=O) groups is 4. The summed E-state index contributed by atoms with van der Waals surface area (Å²) >= 11 is 4.95. The summed E-state index contributed by atoms with van der Waals surface area (Å²) < 4.78 is 295. The summed E-state index contributed by atoms with van der Waals surface area (Å²) in [6.45, 7) is 3.17. The Labute approximate surface area is 591 Å². The molecule has 0 aliphatic heterocycles. The van der Waals surface area contributed by atoms with Crippen LogP contribution in [0.15, 0.2) is 182 Å². The molecule has 4 N–H and O–H groups in total. The van der Waals surface area contributed by atoms with Crippen LogP contribution < -0.4 is 19.5 Å². The van der Waals surface area contributed by atoms with Crippen molar-refractivity contribution in [3.63, 3.8) is 0 Å². The highest BCUT2D eigenvalue weighted by Crippen LogP contribution is 2.43. The number of aliphatic hydroxyl groups is 2. The number of aliphatic hydroxyl groups excluding tert-OH is 2. The van der Waals surface area contributed by atoms with Crippen molar-refractivity contribution in [3.8, 4) is 11.5 Å². The molecule has 0 spiro atoms. The van der Waals surface area contributed by atoms with Gasteiger partial charge < -0.3 is 25.0 Å². The quantitative estimate of drug-likeness (QED) is 0.0247. The molecule has 11 nitrogen and oxygen atoms in total. The van der Waals surface area contributed by atoms with Crippen LogP contribution in [0.2, 0.25) is 0 Å². The molecule has 8 rings (SSSR count). The van der Waals surface area contributed by atoms with E-state index in [2.05, 4.69) is 19.5 Å². The van der Waals surface area contributed by atoms with Crippen LogP contribution in [0.25, 0.3) is 12.2 Å². The van der Waals surface area contributed by atoms with Gasteiger partial charge in [0, 0.05) is 40.8 Å². The van der Waals surface area contributed by atoms with E-state index >= 15 is 8.78 Å². The van der Waals surface area contributed by atoms with Crippen LogP contribution >= 0.6 is 11.6 Å². The van der Waals surface area contributed by atoms with Crippen molar-refractivity contribution in [2.75, 3.05) is 13.2 Å². The number of hydrogen-bond donors (Lipinski definition) is 4. The number of hydrogen-bond acceptors (Lipinski definition) is 9. The normalized spacial score (nSPS) is 13.6. The van der Waals surface area contributed by atoms with Gasteiger partial charge in [-0.25, -0.2) is 35.3 Å². The lowest BCUT2D eigenvalue weighted by Crippen LogP contribution is -2.50. The molecule has 0 aromatic heterocycles. The molecule has 105 heavy (non-hydrogen) atoms. The molecule has 0 bridgehead atoms. The van der Waals surface area contributed by atoms with E-state index in [1.165, 1.54) is 36.4 Å². The molecule has 0 saturated heterocycles. The fourth-order valence-electron chi connectivity index (χ4n) is 9.70. The number of alkyl halides is 14. The van der Waals surface area contributed by atoms with Crippen molar-refractivity contribution in [2.24, 2.45) is 0 Å². The van der Waals surface area contributed by atoms with Gasteiger partial charge in [0.05, 0.1) is 37.9 Å². The van der Waals surface area contributed by atoms with Gasteiger partial charge in [0.2, 0.25) is 0 Å². The molecule has 0 aliphatic rings. The topological polar surface area (TPSA) is 168 Å². The molecule has 0 aliphatic carbocycles. The van der Waals surface area contributed by atoms with E-state index in [-0.39, 0.29) is 45.9 Å². The Morgan fingerprint density at radius 3 is 1.23 bits per heavy atom. The zero-order valence-electron chi connectivity index (χ0n) is 54.1. The molecule has 33 heteroatoms. The van der Waals surface area contributed by atoms with Gasteiger partial charge in [-0.15, -0.1) is 0 Å². The molecule has 0 unspecified atom stereocenters. The number of ketones is 2. The Morgan fingerprint density at radius 2 is 0.848 bits per heavy atom. The lowest BCUT2D eigenvalue weighted by Gasteiger charge is -2.38. The number of ether oxygens (including phenoxy) is 2. The highest BCUT2D eigenvalue weighted by Gasteiger charge is 2.47. The second kappa shape index (κ2) is 34.9. The van der Waals surface area contributed by atoms with Gasteiger partial charge >= 0.3 is 37.4 Å². The second-order valence-corrected chi connectivity index (χ2v) is 25.7. The highest BCUT2D eigenvalue weighted by molar-refractivity contribution is 7.84. The van der Waals surface area contributed by atoms with Crippen molar-refractivity contribution in [3.05, 3.63) is 284 Å². The van der Waals surface area contributed by atoms with Crippen molar-refractivity contribution >= 4 is 57.5 Å². The third kappa shape index (κ3) is 22.6. The first-order chi connectivity index (χ1) is 48.8. The summed E-state index contributed by atoms with van der Waals surface area (Å²) in [5, 5.41) is 19.5. The fraction of sp³-hybridized carbons (Fsp3) is 0.222. The molecular formula is C72H55ClF20N2O9S. The third-order valence-electron chi connectivity index (χ3n) is 14.7. The first-order valence-electron chi connectivity index (χ1n) is 29.9. The molecule has 3 atom stereocenters. The Kier molecular flexibility index (Phi) is 28.0. The van der Waals surface area contributed by atoms with E-state index in [4.69, 9.17) is 21.8 Å². The van der Waals surface area contributed by atoms with E-state index in [1.807, 2.05) is 0 Å². The maximum Gasteiger partial charge on any atom is 0.461 e. The van der Waals surface area contributed by atoms with Crippen LogP contribution in [0.1, 0.15) is 97.1 Å². The Morgan fingerprint density at radius 1 is 0.476 bits per heavy atom. The minimum atomic E-state index is -5.24. The van der Waals surface area contributed by atoms with Gasteiger partial charge in [0.25, 0.3) is 11.1 Å². The van der Waals surface area contributed by atoms with Gasteiger partial charge in [-0.1, -0.05) is 72.8 Å². The van der Waals surface area contributed by atoms with Crippen LogP contribution in [0.4, 0.5) is 87.8 Å². The molecule has 0 heterocycles. The van der Waals surface area contributed by atoms with Crippen LogP contribution in [0, 0.1) is 34.9 Å². The second-order valence-electron chi connectivity index (χ2n) is 23.4. The molecule has 8 aromatic carbocycles. The summed E-state index contributed by atoms with van der Waals surface area (Å²) in [5.74, 6) is -12.3. The number of halogens is 21. The minimum Gasteiger partial charge on any atom is -0.428 e. The molecule has 1 amide bonds. The average Bonchev–Trinajstić information content (AvgIpc) is 0.757. The van der Waals surface area contributed by atoms with Gasteiger partial charge in [-0.2, -0.15) is 61.5 Å². The summed E-state index contributed by atoms with van der Waals surface area (Å²) in [5.41, 5.74) is -8.70. The maximum absolute atomic E-state index is 15.1. The fourth-order valence-corrected chi connectivity index (χ4v) is 10.7. The molecule has 8 aromatic rings.